The highest BCUT2D eigenvalue weighted by Gasteiger charge is 2.09. The van der Waals surface area contributed by atoms with Crippen molar-refractivity contribution in [1.82, 2.24) is 4.98 Å². The number of carbonyl (C=O) groups is 1. The van der Waals surface area contributed by atoms with Crippen LogP contribution in [0.3, 0.4) is 0 Å². The minimum atomic E-state index is -0.595. The van der Waals surface area contributed by atoms with E-state index in [2.05, 4.69) is 10.1 Å². The molecule has 0 saturated heterocycles. The number of halogens is 1. The topological polar surface area (TPSA) is 86.8 Å². The van der Waals surface area contributed by atoms with Crippen LogP contribution in [0.4, 0.5) is 0 Å². The normalized spacial score (nSPS) is 11.3. The quantitative estimate of drug-likeness (QED) is 0.328. The number of nitrogens with two attached hydrogens (primary N) is 1. The van der Waals surface area contributed by atoms with Crippen molar-refractivity contribution in [2.45, 2.75) is 0 Å². The summed E-state index contributed by atoms with van der Waals surface area (Å²) in [5.74, 6) is -0.0713. The number of oxime groups is 1. The average Bonchev–Trinajstić information content (AvgIpc) is 2.66. The fourth-order valence-electron chi connectivity index (χ4n) is 2.13. The maximum atomic E-state index is 11.8. The molecule has 3 aromatic rings. The van der Waals surface area contributed by atoms with E-state index < -0.39 is 5.97 Å². The molecule has 2 N–H and O–H groups in total. The number of ether oxygens (including phenoxy) is 1. The SMILES string of the molecule is NC(COc1ccc(Cl)c2cccnc12)=NOC(=O)c1ccccc1. The zero-order valence-corrected chi connectivity index (χ0v) is 13.8. The first kappa shape index (κ1) is 16.7. The zero-order valence-electron chi connectivity index (χ0n) is 13.1. The second-order valence-corrected chi connectivity index (χ2v) is 5.47. The van der Waals surface area contributed by atoms with Gasteiger partial charge in [-0.2, -0.15) is 0 Å². The third-order valence-corrected chi connectivity index (χ3v) is 3.64. The molecule has 1 aromatic heterocycles. The molecule has 0 atom stereocenters. The molecule has 0 aliphatic rings. The third kappa shape index (κ3) is 4.05. The summed E-state index contributed by atoms with van der Waals surface area (Å²) in [4.78, 5) is 20.8. The van der Waals surface area contributed by atoms with Crippen LogP contribution in [0.2, 0.25) is 5.02 Å². The standard InChI is InChI=1S/C18H14ClN3O3/c19-14-8-9-15(17-13(14)7-4-10-21-17)24-11-16(20)22-25-18(23)12-5-2-1-3-6-12/h1-10H,11H2,(H2,20,22). The van der Waals surface area contributed by atoms with Gasteiger partial charge in [-0.3, -0.25) is 4.98 Å². The Labute approximate surface area is 148 Å². The average molecular weight is 356 g/mol. The molecule has 25 heavy (non-hydrogen) atoms. The number of carbonyl (C=O) groups excluding carboxylic acids is 1. The van der Waals surface area contributed by atoms with E-state index in [4.69, 9.17) is 26.9 Å². The molecule has 0 unspecified atom stereocenters. The van der Waals surface area contributed by atoms with Gasteiger partial charge in [-0.1, -0.05) is 35.0 Å². The monoisotopic (exact) mass is 355 g/mol. The fraction of sp³-hybridized carbons (Fsp3) is 0.0556. The van der Waals surface area contributed by atoms with Crippen molar-refractivity contribution in [3.63, 3.8) is 0 Å². The predicted octanol–water partition coefficient (Wildman–Crippen LogP) is 3.40. The number of benzene rings is 2. The van der Waals surface area contributed by atoms with Crippen molar-refractivity contribution in [3.8, 4) is 5.75 Å². The van der Waals surface area contributed by atoms with Crippen LogP contribution in [-0.2, 0) is 4.84 Å². The second kappa shape index (κ2) is 7.63. The molecule has 0 amide bonds. The lowest BCUT2D eigenvalue weighted by Gasteiger charge is -2.09. The van der Waals surface area contributed by atoms with Gasteiger partial charge < -0.3 is 15.3 Å². The van der Waals surface area contributed by atoms with Crippen molar-refractivity contribution < 1.29 is 14.4 Å². The molecule has 126 valence electrons. The highest BCUT2D eigenvalue weighted by Crippen LogP contribution is 2.29. The number of aromatic nitrogens is 1. The van der Waals surface area contributed by atoms with Crippen molar-refractivity contribution in [2.24, 2.45) is 10.9 Å². The van der Waals surface area contributed by atoms with E-state index in [1.54, 1.807) is 54.7 Å². The van der Waals surface area contributed by atoms with Gasteiger partial charge in [-0.15, -0.1) is 0 Å². The molecule has 6 nitrogen and oxygen atoms in total. The lowest BCUT2D eigenvalue weighted by Crippen LogP contribution is -2.22. The lowest BCUT2D eigenvalue weighted by atomic mass is 10.2. The molecule has 2 aromatic carbocycles. The largest absolute Gasteiger partial charge is 0.483 e. The Bertz CT molecular complexity index is 929. The van der Waals surface area contributed by atoms with E-state index in [9.17, 15) is 4.79 Å². The molecule has 0 radical (unpaired) electrons. The number of hydrogen-bond donors (Lipinski definition) is 1. The molecule has 0 aliphatic heterocycles. The van der Waals surface area contributed by atoms with Crippen molar-refractivity contribution >= 4 is 34.3 Å². The highest BCUT2D eigenvalue weighted by atomic mass is 35.5. The van der Waals surface area contributed by atoms with Crippen LogP contribution in [-0.4, -0.2) is 23.4 Å². The Balaban J connectivity index is 1.65. The molecule has 3 rings (SSSR count). The van der Waals surface area contributed by atoms with Gasteiger partial charge in [-0.05, 0) is 36.4 Å². The van der Waals surface area contributed by atoms with Crippen LogP contribution in [0.25, 0.3) is 10.9 Å². The van der Waals surface area contributed by atoms with Gasteiger partial charge in [0.25, 0.3) is 0 Å². The minimum absolute atomic E-state index is 0.0170. The van der Waals surface area contributed by atoms with Crippen LogP contribution in [0.15, 0.2) is 65.9 Å². The molecule has 0 spiro atoms. The third-order valence-electron chi connectivity index (χ3n) is 3.31. The van der Waals surface area contributed by atoms with E-state index in [0.717, 1.165) is 5.39 Å². The van der Waals surface area contributed by atoms with Crippen LogP contribution in [0, 0.1) is 0 Å². The summed E-state index contributed by atoms with van der Waals surface area (Å²) < 4.78 is 5.61. The van der Waals surface area contributed by atoms with Crippen molar-refractivity contribution in [3.05, 3.63) is 71.4 Å². The van der Waals surface area contributed by atoms with Crippen LogP contribution < -0.4 is 10.5 Å². The summed E-state index contributed by atoms with van der Waals surface area (Å²) >= 11 is 6.13. The molecular formula is C18H14ClN3O3. The van der Waals surface area contributed by atoms with Gasteiger partial charge in [0.1, 0.15) is 17.9 Å². The molecule has 7 heteroatoms. The van der Waals surface area contributed by atoms with E-state index >= 15 is 0 Å². The van der Waals surface area contributed by atoms with E-state index in [1.165, 1.54) is 0 Å². The Morgan fingerprint density at radius 3 is 2.72 bits per heavy atom. The van der Waals surface area contributed by atoms with E-state index in [1.807, 2.05) is 6.07 Å². The number of hydrogen-bond acceptors (Lipinski definition) is 5. The highest BCUT2D eigenvalue weighted by molar-refractivity contribution is 6.35. The van der Waals surface area contributed by atoms with E-state index in [0.29, 0.717) is 21.9 Å². The molecule has 0 aliphatic carbocycles. The number of rotatable bonds is 5. The second-order valence-electron chi connectivity index (χ2n) is 5.06. The molecule has 0 saturated carbocycles. The minimum Gasteiger partial charge on any atom is -0.483 e. The first-order chi connectivity index (χ1) is 12.1. The molecular weight excluding hydrogens is 342 g/mol. The molecule has 0 fully saturated rings. The van der Waals surface area contributed by atoms with Gasteiger partial charge in [0.15, 0.2) is 5.84 Å². The maximum Gasteiger partial charge on any atom is 0.365 e. The number of amidine groups is 1. The predicted molar refractivity (Wildman–Crippen MR) is 95.7 cm³/mol. The summed E-state index contributed by atoms with van der Waals surface area (Å²) in [6, 6.07) is 15.5. The van der Waals surface area contributed by atoms with Gasteiger partial charge in [-0.25, -0.2) is 4.79 Å². The number of pyridine rings is 1. The van der Waals surface area contributed by atoms with Gasteiger partial charge in [0.2, 0.25) is 0 Å². The fourth-order valence-corrected chi connectivity index (χ4v) is 2.35. The van der Waals surface area contributed by atoms with E-state index in [-0.39, 0.29) is 12.4 Å². The van der Waals surface area contributed by atoms with Crippen LogP contribution in [0.5, 0.6) is 5.75 Å². The Kier molecular flexibility index (Phi) is 5.11. The molecule has 1 heterocycles. The summed E-state index contributed by atoms with van der Waals surface area (Å²) in [7, 11) is 0. The zero-order chi connectivity index (χ0) is 17.6. The van der Waals surface area contributed by atoms with Crippen LogP contribution in [0.1, 0.15) is 10.4 Å². The summed E-state index contributed by atoms with van der Waals surface area (Å²) in [6.45, 7) is -0.0601. The summed E-state index contributed by atoms with van der Waals surface area (Å²) in [6.07, 6.45) is 1.64. The van der Waals surface area contributed by atoms with Crippen molar-refractivity contribution in [1.29, 1.82) is 0 Å². The summed E-state index contributed by atoms with van der Waals surface area (Å²) in [5, 5.41) is 4.94. The van der Waals surface area contributed by atoms with Gasteiger partial charge in [0.05, 0.1) is 10.6 Å². The van der Waals surface area contributed by atoms with Gasteiger partial charge in [0, 0.05) is 11.6 Å². The first-order valence-electron chi connectivity index (χ1n) is 7.40. The van der Waals surface area contributed by atoms with Gasteiger partial charge >= 0.3 is 5.97 Å². The maximum absolute atomic E-state index is 11.8. The smallest absolute Gasteiger partial charge is 0.365 e. The first-order valence-corrected chi connectivity index (χ1v) is 7.77. The Morgan fingerprint density at radius 2 is 1.92 bits per heavy atom. The number of fused-ring (bicyclic) bond motifs is 1. The number of nitrogens with zero attached hydrogens (tertiary/aromatic N) is 2. The summed E-state index contributed by atoms with van der Waals surface area (Å²) in [5.41, 5.74) is 6.72. The molecule has 0 bridgehead atoms. The lowest BCUT2D eigenvalue weighted by molar-refractivity contribution is 0.0513. The Hall–Kier alpha value is -3.12. The van der Waals surface area contributed by atoms with Crippen LogP contribution >= 0.6 is 11.6 Å². The van der Waals surface area contributed by atoms with Crippen molar-refractivity contribution in [2.75, 3.05) is 6.61 Å². The Morgan fingerprint density at radius 1 is 1.12 bits per heavy atom.